The molecule has 0 unspecified atom stereocenters. The van der Waals surface area contributed by atoms with Crippen molar-refractivity contribution in [2.45, 2.75) is 12.7 Å². The van der Waals surface area contributed by atoms with Gasteiger partial charge in [0, 0.05) is 0 Å². The van der Waals surface area contributed by atoms with Gasteiger partial charge in [-0.25, -0.2) is 9.63 Å². The summed E-state index contributed by atoms with van der Waals surface area (Å²) < 4.78 is 0. The fourth-order valence-corrected chi connectivity index (χ4v) is 0.643. The topological polar surface area (TPSA) is 147 Å². The maximum Gasteiger partial charge on any atom is 0.349 e. The van der Waals surface area contributed by atoms with Gasteiger partial charge in [0.15, 0.2) is 6.61 Å². The standard InChI is InChI=1S/C6H5NO10/c8-3(6-16-17-6)1-4(9)15-13-2-5(10)14-7(11)12/h6H,1-2H2. The molecule has 0 atom stereocenters. The number of nitrogens with zero attached hydrogens (tertiary/aromatic N) is 1. The molecule has 0 amide bonds. The molecule has 0 radical (unpaired) electrons. The van der Waals surface area contributed by atoms with E-state index in [1.54, 1.807) is 0 Å². The van der Waals surface area contributed by atoms with E-state index >= 15 is 0 Å². The van der Waals surface area contributed by atoms with E-state index in [1.807, 2.05) is 0 Å². The van der Waals surface area contributed by atoms with Gasteiger partial charge in [-0.3, -0.25) is 14.5 Å². The fraction of sp³-hybridized carbons (Fsp3) is 0.500. The summed E-state index contributed by atoms with van der Waals surface area (Å²) in [4.78, 5) is 61.4. The number of rotatable bonds is 7. The van der Waals surface area contributed by atoms with Crippen molar-refractivity contribution in [3.8, 4) is 0 Å². The molecule has 1 heterocycles. The van der Waals surface area contributed by atoms with E-state index in [-0.39, 0.29) is 0 Å². The molecule has 94 valence electrons. The van der Waals surface area contributed by atoms with Crippen LogP contribution in [0.3, 0.4) is 0 Å². The number of hydrogen-bond acceptors (Lipinski definition) is 10. The summed E-state index contributed by atoms with van der Waals surface area (Å²) in [5.74, 6) is -3.17. The predicted molar refractivity (Wildman–Crippen MR) is 40.7 cm³/mol. The lowest BCUT2D eigenvalue weighted by molar-refractivity contribution is -0.730. The van der Waals surface area contributed by atoms with Gasteiger partial charge in [0.1, 0.15) is 6.42 Å². The second-order valence-electron chi connectivity index (χ2n) is 2.57. The molecule has 11 nitrogen and oxygen atoms in total. The summed E-state index contributed by atoms with van der Waals surface area (Å²) in [6, 6.07) is 0. The van der Waals surface area contributed by atoms with Crippen LogP contribution in [-0.4, -0.2) is 35.7 Å². The number of carbonyl (C=O) groups excluding carboxylic acids is 3. The SMILES string of the molecule is O=C(CC(=O)C1OO1)OOCC(=O)O[N+](=O)[O-]. The molecule has 1 fully saturated rings. The van der Waals surface area contributed by atoms with Gasteiger partial charge in [0.05, 0.1) is 0 Å². The quantitative estimate of drug-likeness (QED) is 0.171. The maximum absolute atomic E-state index is 10.9. The van der Waals surface area contributed by atoms with Gasteiger partial charge in [0.2, 0.25) is 5.78 Å². The number of hydrogen-bond donors (Lipinski definition) is 0. The van der Waals surface area contributed by atoms with E-state index in [1.165, 1.54) is 0 Å². The summed E-state index contributed by atoms with van der Waals surface area (Å²) in [7, 11) is 0. The Morgan fingerprint density at radius 2 is 1.88 bits per heavy atom. The fourth-order valence-electron chi connectivity index (χ4n) is 0.643. The minimum Gasteiger partial charge on any atom is -0.297 e. The van der Waals surface area contributed by atoms with E-state index in [9.17, 15) is 24.5 Å². The average Bonchev–Trinajstić information content (AvgIpc) is 2.98. The molecule has 1 rings (SSSR count). The molecule has 0 aromatic heterocycles. The molecular formula is C6H5NO10. The third-order valence-electron chi connectivity index (χ3n) is 1.28. The van der Waals surface area contributed by atoms with Crippen molar-refractivity contribution in [2.75, 3.05) is 6.61 Å². The molecule has 0 aromatic rings. The first kappa shape index (κ1) is 13.0. The largest absolute Gasteiger partial charge is 0.349 e. The average molecular weight is 251 g/mol. The maximum atomic E-state index is 10.9. The molecule has 1 saturated heterocycles. The predicted octanol–water partition coefficient (Wildman–Crippen LogP) is -1.56. The Bertz CT molecular complexity index is 347. The Balaban J connectivity index is 2.09. The van der Waals surface area contributed by atoms with Crippen molar-refractivity contribution in [1.29, 1.82) is 0 Å². The van der Waals surface area contributed by atoms with Crippen LogP contribution in [0.4, 0.5) is 0 Å². The molecule has 17 heavy (non-hydrogen) atoms. The van der Waals surface area contributed by atoms with Crippen molar-refractivity contribution < 1.29 is 43.9 Å². The highest BCUT2D eigenvalue weighted by Gasteiger charge is 2.36. The van der Waals surface area contributed by atoms with Crippen LogP contribution in [0.25, 0.3) is 0 Å². The molecule has 11 heteroatoms. The monoisotopic (exact) mass is 251 g/mol. The van der Waals surface area contributed by atoms with Gasteiger partial charge in [-0.05, 0) is 0 Å². The van der Waals surface area contributed by atoms with Crippen LogP contribution >= 0.6 is 0 Å². The highest BCUT2D eigenvalue weighted by molar-refractivity contribution is 5.97. The van der Waals surface area contributed by atoms with Gasteiger partial charge in [-0.1, -0.05) is 0 Å². The molecule has 0 bridgehead atoms. The Kier molecular flexibility index (Phi) is 4.45. The van der Waals surface area contributed by atoms with E-state index in [2.05, 4.69) is 24.4 Å². The van der Waals surface area contributed by atoms with Gasteiger partial charge < -0.3 is 0 Å². The minimum absolute atomic E-state index is 0.686. The number of Topliss-reactive ketones (excluding diaryl/α,β-unsaturated/α-hetero) is 1. The lowest BCUT2D eigenvalue weighted by atomic mass is 10.3. The summed E-state index contributed by atoms with van der Waals surface area (Å²) in [5, 5.41) is 8.31. The molecule has 0 aliphatic carbocycles. The zero-order valence-corrected chi connectivity index (χ0v) is 8.02. The van der Waals surface area contributed by atoms with Crippen molar-refractivity contribution in [1.82, 2.24) is 0 Å². The highest BCUT2D eigenvalue weighted by atomic mass is 17.4. The highest BCUT2D eigenvalue weighted by Crippen LogP contribution is 2.14. The van der Waals surface area contributed by atoms with E-state index in [0.29, 0.717) is 0 Å². The molecule has 0 N–H and O–H groups in total. The van der Waals surface area contributed by atoms with Crippen LogP contribution in [0, 0.1) is 10.1 Å². The number of ketones is 1. The van der Waals surface area contributed by atoms with Crippen LogP contribution in [0.5, 0.6) is 0 Å². The first-order valence-electron chi connectivity index (χ1n) is 4.01. The molecule has 1 aliphatic rings. The van der Waals surface area contributed by atoms with Crippen LogP contribution in [0.15, 0.2) is 0 Å². The van der Waals surface area contributed by atoms with Crippen LogP contribution < -0.4 is 0 Å². The lowest BCUT2D eigenvalue weighted by Crippen LogP contribution is -2.20. The van der Waals surface area contributed by atoms with Crippen LogP contribution in [0.2, 0.25) is 0 Å². The smallest absolute Gasteiger partial charge is 0.297 e. The number of carbonyl (C=O) groups is 3. The van der Waals surface area contributed by atoms with Gasteiger partial charge >= 0.3 is 17.0 Å². The second kappa shape index (κ2) is 5.83. The van der Waals surface area contributed by atoms with Crippen molar-refractivity contribution in [3.05, 3.63) is 10.1 Å². The van der Waals surface area contributed by atoms with Crippen LogP contribution in [-0.2, 0) is 38.8 Å². The lowest BCUT2D eigenvalue weighted by Gasteiger charge is -2.00. The van der Waals surface area contributed by atoms with Crippen LogP contribution in [0.1, 0.15) is 6.42 Å². The zero-order chi connectivity index (χ0) is 12.8. The van der Waals surface area contributed by atoms with Crippen molar-refractivity contribution >= 4 is 17.7 Å². The van der Waals surface area contributed by atoms with E-state index in [0.717, 1.165) is 0 Å². The molecule has 0 saturated carbocycles. The molecule has 0 aromatic carbocycles. The Morgan fingerprint density at radius 1 is 1.24 bits per heavy atom. The Morgan fingerprint density at radius 3 is 2.41 bits per heavy atom. The van der Waals surface area contributed by atoms with E-state index in [4.69, 9.17) is 0 Å². The normalized spacial score (nSPS) is 13.9. The Labute approximate surface area is 92.1 Å². The second-order valence-corrected chi connectivity index (χ2v) is 2.57. The summed E-state index contributed by atoms with van der Waals surface area (Å²) in [5.41, 5.74) is 0. The third kappa shape index (κ3) is 5.50. The van der Waals surface area contributed by atoms with E-state index < -0.39 is 42.1 Å². The molecular weight excluding hydrogens is 246 g/mol. The minimum atomic E-state index is -1.37. The van der Waals surface area contributed by atoms with Gasteiger partial charge in [0.25, 0.3) is 6.29 Å². The Hall–Kier alpha value is -2.11. The van der Waals surface area contributed by atoms with Crippen molar-refractivity contribution in [3.63, 3.8) is 0 Å². The zero-order valence-electron chi connectivity index (χ0n) is 8.02. The molecule has 1 aliphatic heterocycles. The summed E-state index contributed by atoms with van der Waals surface area (Å²) in [6.07, 6.45) is -1.77. The summed E-state index contributed by atoms with van der Waals surface area (Å²) in [6.45, 7) is -0.975. The van der Waals surface area contributed by atoms with Crippen molar-refractivity contribution in [2.24, 2.45) is 0 Å². The first-order chi connectivity index (χ1) is 7.99. The van der Waals surface area contributed by atoms with Gasteiger partial charge in [-0.2, -0.15) is 14.7 Å². The first-order valence-corrected chi connectivity index (χ1v) is 4.01. The third-order valence-corrected chi connectivity index (χ3v) is 1.28. The molecule has 0 spiro atoms. The van der Waals surface area contributed by atoms with Gasteiger partial charge in [-0.15, -0.1) is 10.1 Å². The summed E-state index contributed by atoms with van der Waals surface area (Å²) >= 11 is 0.